The van der Waals surface area contributed by atoms with E-state index < -0.39 is 0 Å². The maximum atomic E-state index is 11.2. The minimum atomic E-state index is -0.267. The first-order valence-electron chi connectivity index (χ1n) is 4.55. The average molecular weight is 202 g/mol. The van der Waals surface area contributed by atoms with Crippen molar-refractivity contribution in [2.75, 3.05) is 5.73 Å². The van der Waals surface area contributed by atoms with Crippen LogP contribution in [-0.2, 0) is 16.1 Å². The Hall–Kier alpha value is -2.10. The van der Waals surface area contributed by atoms with Gasteiger partial charge in [0, 0.05) is 17.8 Å². The normalized spacial score (nSPS) is 15.1. The zero-order valence-electron chi connectivity index (χ0n) is 8.01. The van der Waals surface area contributed by atoms with Gasteiger partial charge in [-0.05, 0) is 17.7 Å². The number of imide groups is 1. The van der Waals surface area contributed by atoms with Gasteiger partial charge in [0.05, 0.1) is 6.54 Å². The summed E-state index contributed by atoms with van der Waals surface area (Å²) < 4.78 is 0. The van der Waals surface area contributed by atoms with Crippen molar-refractivity contribution < 1.29 is 9.59 Å². The first kappa shape index (κ1) is 9.45. The molecule has 15 heavy (non-hydrogen) atoms. The molecule has 76 valence electrons. The van der Waals surface area contributed by atoms with Gasteiger partial charge in [-0.2, -0.15) is 0 Å². The number of nitrogen functional groups attached to an aromatic ring is 1. The number of hydrogen-bond donors (Lipinski definition) is 1. The molecular formula is C11H10N2O2. The van der Waals surface area contributed by atoms with Crippen molar-refractivity contribution in [3.8, 4) is 0 Å². The third-order valence-corrected chi connectivity index (χ3v) is 2.22. The molecule has 0 radical (unpaired) electrons. The number of rotatable bonds is 2. The molecular weight excluding hydrogens is 192 g/mol. The van der Waals surface area contributed by atoms with Crippen LogP contribution in [0.5, 0.6) is 0 Å². The quantitative estimate of drug-likeness (QED) is 0.567. The molecule has 1 heterocycles. The lowest BCUT2D eigenvalue weighted by atomic mass is 10.2. The van der Waals surface area contributed by atoms with E-state index in [9.17, 15) is 9.59 Å². The lowest BCUT2D eigenvalue weighted by molar-refractivity contribution is -0.137. The highest BCUT2D eigenvalue weighted by atomic mass is 16.2. The number of carbonyl (C=O) groups excluding carboxylic acids is 2. The molecule has 4 heteroatoms. The second kappa shape index (κ2) is 3.57. The standard InChI is InChI=1S/C11H10N2O2/c12-9-3-1-8(2-4-9)7-13-10(14)5-6-11(13)15/h1-6H,7,12H2. The van der Waals surface area contributed by atoms with E-state index >= 15 is 0 Å². The van der Waals surface area contributed by atoms with Gasteiger partial charge in [-0.25, -0.2) is 0 Å². The van der Waals surface area contributed by atoms with Crippen LogP contribution in [0.15, 0.2) is 36.4 Å². The molecule has 1 aromatic carbocycles. The van der Waals surface area contributed by atoms with Crippen molar-refractivity contribution >= 4 is 17.5 Å². The fourth-order valence-electron chi connectivity index (χ4n) is 1.39. The second-order valence-corrected chi connectivity index (χ2v) is 3.34. The molecule has 0 atom stereocenters. The molecule has 1 aliphatic heterocycles. The van der Waals surface area contributed by atoms with Gasteiger partial charge in [0.25, 0.3) is 11.8 Å². The molecule has 2 amide bonds. The van der Waals surface area contributed by atoms with E-state index in [0.717, 1.165) is 5.56 Å². The summed E-state index contributed by atoms with van der Waals surface area (Å²) in [6.45, 7) is 0.297. The van der Waals surface area contributed by atoms with Crippen LogP contribution in [0.1, 0.15) is 5.56 Å². The Morgan fingerprint density at radius 3 is 2.07 bits per heavy atom. The smallest absolute Gasteiger partial charge is 0.253 e. The van der Waals surface area contributed by atoms with Crippen LogP contribution in [0, 0.1) is 0 Å². The monoisotopic (exact) mass is 202 g/mol. The summed E-state index contributed by atoms with van der Waals surface area (Å²) in [5.41, 5.74) is 7.08. The maximum absolute atomic E-state index is 11.2. The number of carbonyl (C=O) groups is 2. The topological polar surface area (TPSA) is 63.4 Å². The van der Waals surface area contributed by atoms with E-state index in [1.54, 1.807) is 24.3 Å². The number of nitrogens with zero attached hydrogens (tertiary/aromatic N) is 1. The summed E-state index contributed by atoms with van der Waals surface area (Å²) in [6.07, 6.45) is 2.55. The van der Waals surface area contributed by atoms with E-state index in [1.807, 2.05) is 0 Å². The number of amides is 2. The summed E-state index contributed by atoms with van der Waals surface area (Å²) in [7, 11) is 0. The van der Waals surface area contributed by atoms with Gasteiger partial charge < -0.3 is 5.73 Å². The van der Waals surface area contributed by atoms with Crippen molar-refractivity contribution in [3.63, 3.8) is 0 Å². The Morgan fingerprint density at radius 1 is 1.00 bits per heavy atom. The minimum Gasteiger partial charge on any atom is -0.399 e. The van der Waals surface area contributed by atoms with E-state index in [1.165, 1.54) is 17.1 Å². The lowest BCUT2D eigenvalue weighted by Crippen LogP contribution is -2.29. The summed E-state index contributed by atoms with van der Waals surface area (Å²) in [4.78, 5) is 23.7. The summed E-state index contributed by atoms with van der Waals surface area (Å²) in [5.74, 6) is -0.534. The van der Waals surface area contributed by atoms with E-state index in [4.69, 9.17) is 5.73 Å². The number of benzene rings is 1. The SMILES string of the molecule is Nc1ccc(CN2C(=O)C=CC2=O)cc1. The van der Waals surface area contributed by atoms with Crippen LogP contribution in [0.25, 0.3) is 0 Å². The zero-order chi connectivity index (χ0) is 10.8. The predicted octanol–water partition coefficient (Wildman–Crippen LogP) is 0.694. The highest BCUT2D eigenvalue weighted by Crippen LogP contribution is 2.12. The summed E-state index contributed by atoms with van der Waals surface area (Å²) in [6, 6.07) is 7.09. The summed E-state index contributed by atoms with van der Waals surface area (Å²) in [5, 5.41) is 0. The van der Waals surface area contributed by atoms with Crippen LogP contribution in [-0.4, -0.2) is 16.7 Å². The Labute approximate surface area is 87.0 Å². The van der Waals surface area contributed by atoms with E-state index in [0.29, 0.717) is 12.2 Å². The Kier molecular flexibility index (Phi) is 2.25. The summed E-state index contributed by atoms with van der Waals surface area (Å²) >= 11 is 0. The third-order valence-electron chi connectivity index (χ3n) is 2.22. The van der Waals surface area contributed by atoms with Crippen molar-refractivity contribution in [3.05, 3.63) is 42.0 Å². The third kappa shape index (κ3) is 1.88. The molecule has 1 aliphatic rings. The Morgan fingerprint density at radius 2 is 1.53 bits per heavy atom. The van der Waals surface area contributed by atoms with Crippen LogP contribution >= 0.6 is 0 Å². The molecule has 1 aromatic rings. The van der Waals surface area contributed by atoms with Gasteiger partial charge >= 0.3 is 0 Å². The zero-order valence-corrected chi connectivity index (χ0v) is 8.01. The van der Waals surface area contributed by atoms with Crippen LogP contribution in [0.3, 0.4) is 0 Å². The molecule has 2 rings (SSSR count). The maximum Gasteiger partial charge on any atom is 0.253 e. The molecule has 4 nitrogen and oxygen atoms in total. The predicted molar refractivity (Wildman–Crippen MR) is 55.6 cm³/mol. The van der Waals surface area contributed by atoms with Crippen LogP contribution in [0.4, 0.5) is 5.69 Å². The molecule has 0 saturated heterocycles. The van der Waals surface area contributed by atoms with Gasteiger partial charge in [0.15, 0.2) is 0 Å². The second-order valence-electron chi connectivity index (χ2n) is 3.34. The Balaban J connectivity index is 2.12. The first-order valence-corrected chi connectivity index (χ1v) is 4.55. The molecule has 0 saturated carbocycles. The first-order chi connectivity index (χ1) is 7.16. The lowest BCUT2D eigenvalue weighted by Gasteiger charge is -2.13. The van der Waals surface area contributed by atoms with E-state index in [2.05, 4.69) is 0 Å². The number of hydrogen-bond acceptors (Lipinski definition) is 3. The fourth-order valence-corrected chi connectivity index (χ4v) is 1.39. The van der Waals surface area contributed by atoms with Gasteiger partial charge in [0.1, 0.15) is 0 Å². The van der Waals surface area contributed by atoms with Gasteiger partial charge in [0.2, 0.25) is 0 Å². The van der Waals surface area contributed by atoms with Crippen LogP contribution < -0.4 is 5.73 Å². The fraction of sp³-hybridized carbons (Fsp3) is 0.0909. The average Bonchev–Trinajstić information content (AvgIpc) is 2.53. The highest BCUT2D eigenvalue weighted by Gasteiger charge is 2.22. The molecule has 0 spiro atoms. The molecule has 0 aromatic heterocycles. The number of nitrogens with two attached hydrogens (primary N) is 1. The van der Waals surface area contributed by atoms with Crippen molar-refractivity contribution in [1.82, 2.24) is 4.90 Å². The molecule has 0 bridgehead atoms. The molecule has 0 unspecified atom stereocenters. The van der Waals surface area contributed by atoms with Crippen molar-refractivity contribution in [1.29, 1.82) is 0 Å². The Bertz CT molecular complexity index is 416. The highest BCUT2D eigenvalue weighted by molar-refractivity contribution is 6.12. The van der Waals surface area contributed by atoms with Gasteiger partial charge in [-0.3, -0.25) is 14.5 Å². The molecule has 2 N–H and O–H groups in total. The van der Waals surface area contributed by atoms with Crippen LogP contribution in [0.2, 0.25) is 0 Å². The molecule has 0 aliphatic carbocycles. The minimum absolute atomic E-state index is 0.267. The van der Waals surface area contributed by atoms with Gasteiger partial charge in [-0.15, -0.1) is 0 Å². The van der Waals surface area contributed by atoms with Crippen molar-refractivity contribution in [2.45, 2.75) is 6.54 Å². The molecule has 0 fully saturated rings. The van der Waals surface area contributed by atoms with Crippen molar-refractivity contribution in [2.24, 2.45) is 0 Å². The van der Waals surface area contributed by atoms with Gasteiger partial charge in [-0.1, -0.05) is 12.1 Å². The van der Waals surface area contributed by atoms with E-state index in [-0.39, 0.29) is 11.8 Å². The number of anilines is 1. The largest absolute Gasteiger partial charge is 0.399 e.